The summed E-state index contributed by atoms with van der Waals surface area (Å²) in [7, 11) is 1.59. The first-order valence-electron chi connectivity index (χ1n) is 5.78. The average molecular weight is 251 g/mol. The molecule has 5 nitrogen and oxygen atoms in total. The zero-order chi connectivity index (χ0) is 13.5. The Morgan fingerprint density at radius 2 is 2.00 bits per heavy atom. The van der Waals surface area contributed by atoms with Crippen molar-refractivity contribution in [2.45, 2.75) is 32.3 Å². The lowest BCUT2D eigenvalue weighted by Crippen LogP contribution is -2.15. The zero-order valence-electron chi connectivity index (χ0n) is 10.6. The molecule has 0 aliphatic carbocycles. The first kappa shape index (κ1) is 14.3. The van der Waals surface area contributed by atoms with Crippen LogP contribution in [0.2, 0.25) is 0 Å². The Morgan fingerprint density at radius 1 is 1.39 bits per heavy atom. The van der Waals surface area contributed by atoms with E-state index in [2.05, 4.69) is 0 Å². The lowest BCUT2D eigenvalue weighted by Gasteiger charge is -2.13. The number of nitro benzene ring substituents is 1. The molecule has 1 aromatic rings. The number of nitrogens with zero attached hydrogens (tertiary/aromatic N) is 1. The summed E-state index contributed by atoms with van der Waals surface area (Å²) in [5.74, 6) is 0.102. The van der Waals surface area contributed by atoms with Gasteiger partial charge in [0.15, 0.2) is 0 Å². The average Bonchev–Trinajstić information content (AvgIpc) is 2.34. The van der Waals surface area contributed by atoms with Crippen molar-refractivity contribution >= 4 is 11.5 Å². The topological polar surface area (TPSA) is 69.4 Å². The van der Waals surface area contributed by atoms with Gasteiger partial charge in [-0.25, -0.2) is 0 Å². The lowest BCUT2D eigenvalue weighted by atomic mass is 10.0. The van der Waals surface area contributed by atoms with E-state index >= 15 is 0 Å². The third kappa shape index (κ3) is 4.63. The van der Waals surface area contributed by atoms with E-state index in [9.17, 15) is 14.9 Å². The standard InChI is InChI=1S/C13H17NO4/c1-10(15)9-13(18-2)8-5-11-3-6-12(7-4-11)14(16)17/h3-4,6-7,13H,5,8-9H2,1-2H3. The number of hydrogen-bond donors (Lipinski definition) is 0. The summed E-state index contributed by atoms with van der Waals surface area (Å²) >= 11 is 0. The van der Waals surface area contributed by atoms with Gasteiger partial charge in [0.05, 0.1) is 11.0 Å². The van der Waals surface area contributed by atoms with E-state index in [0.29, 0.717) is 6.42 Å². The number of carbonyl (C=O) groups is 1. The summed E-state index contributed by atoms with van der Waals surface area (Å²) < 4.78 is 5.22. The molecular formula is C13H17NO4. The number of ketones is 1. The highest BCUT2D eigenvalue weighted by Gasteiger charge is 2.11. The van der Waals surface area contributed by atoms with Crippen molar-refractivity contribution in [3.8, 4) is 0 Å². The van der Waals surface area contributed by atoms with Crippen molar-refractivity contribution in [2.75, 3.05) is 7.11 Å². The number of methoxy groups -OCH3 is 1. The molecule has 0 saturated carbocycles. The van der Waals surface area contributed by atoms with E-state index in [1.54, 1.807) is 19.2 Å². The largest absolute Gasteiger partial charge is 0.381 e. The SMILES string of the molecule is COC(CCc1ccc([N+](=O)[O-])cc1)CC(C)=O. The summed E-state index contributed by atoms with van der Waals surface area (Å²) in [6, 6.07) is 6.45. The molecule has 0 N–H and O–H groups in total. The van der Waals surface area contributed by atoms with Gasteiger partial charge in [-0.3, -0.25) is 14.9 Å². The van der Waals surface area contributed by atoms with Crippen LogP contribution in [0.3, 0.4) is 0 Å². The number of hydrogen-bond acceptors (Lipinski definition) is 4. The molecule has 0 spiro atoms. The Balaban J connectivity index is 2.52. The van der Waals surface area contributed by atoms with Crippen molar-refractivity contribution in [3.63, 3.8) is 0 Å². The number of Topliss-reactive ketones (excluding diaryl/α,β-unsaturated/α-hetero) is 1. The predicted molar refractivity (Wildman–Crippen MR) is 67.5 cm³/mol. The van der Waals surface area contributed by atoms with Crippen molar-refractivity contribution in [2.24, 2.45) is 0 Å². The number of ether oxygens (including phenoxy) is 1. The summed E-state index contributed by atoms with van der Waals surface area (Å²) in [6.45, 7) is 1.54. The normalized spacial score (nSPS) is 12.1. The summed E-state index contributed by atoms with van der Waals surface area (Å²) in [5.41, 5.74) is 1.09. The van der Waals surface area contributed by atoms with Crippen LogP contribution in [-0.4, -0.2) is 23.9 Å². The molecule has 0 fully saturated rings. The highest BCUT2D eigenvalue weighted by atomic mass is 16.6. The summed E-state index contributed by atoms with van der Waals surface area (Å²) in [6.07, 6.45) is 1.79. The fraction of sp³-hybridized carbons (Fsp3) is 0.462. The first-order chi connectivity index (χ1) is 8.52. The monoisotopic (exact) mass is 251 g/mol. The predicted octanol–water partition coefficient (Wildman–Crippen LogP) is 2.52. The third-order valence-corrected chi connectivity index (χ3v) is 2.75. The van der Waals surface area contributed by atoms with Gasteiger partial charge in [0.25, 0.3) is 5.69 Å². The van der Waals surface area contributed by atoms with Crippen LogP contribution in [0, 0.1) is 10.1 Å². The van der Waals surface area contributed by atoms with Crippen molar-refractivity contribution in [1.82, 2.24) is 0 Å². The molecule has 0 amide bonds. The molecule has 1 atom stereocenters. The molecule has 1 rings (SSSR count). The number of rotatable bonds is 7. The van der Waals surface area contributed by atoms with Crippen LogP contribution in [-0.2, 0) is 16.0 Å². The Bertz CT molecular complexity index is 414. The number of carbonyl (C=O) groups excluding carboxylic acids is 1. The molecule has 0 radical (unpaired) electrons. The van der Waals surface area contributed by atoms with Crippen molar-refractivity contribution in [3.05, 3.63) is 39.9 Å². The highest BCUT2D eigenvalue weighted by molar-refractivity contribution is 5.75. The van der Waals surface area contributed by atoms with E-state index < -0.39 is 4.92 Å². The molecule has 0 aromatic heterocycles. The first-order valence-corrected chi connectivity index (χ1v) is 5.78. The Morgan fingerprint density at radius 3 is 2.44 bits per heavy atom. The van der Waals surface area contributed by atoms with Gasteiger partial charge >= 0.3 is 0 Å². The molecule has 0 bridgehead atoms. The number of non-ortho nitro benzene ring substituents is 1. The van der Waals surface area contributed by atoms with E-state index in [4.69, 9.17) is 4.74 Å². The molecule has 0 heterocycles. The maximum Gasteiger partial charge on any atom is 0.269 e. The highest BCUT2D eigenvalue weighted by Crippen LogP contribution is 2.15. The Hall–Kier alpha value is -1.75. The minimum Gasteiger partial charge on any atom is -0.381 e. The van der Waals surface area contributed by atoms with Gasteiger partial charge in [0.1, 0.15) is 5.78 Å². The molecule has 1 unspecified atom stereocenters. The van der Waals surface area contributed by atoms with E-state index in [-0.39, 0.29) is 17.6 Å². The van der Waals surface area contributed by atoms with Crippen LogP contribution >= 0.6 is 0 Å². The molecule has 0 aliphatic heterocycles. The minimum absolute atomic E-state index is 0.0855. The van der Waals surface area contributed by atoms with E-state index in [1.807, 2.05) is 0 Å². The second kappa shape index (κ2) is 6.86. The van der Waals surface area contributed by atoms with Crippen molar-refractivity contribution in [1.29, 1.82) is 0 Å². The zero-order valence-corrected chi connectivity index (χ0v) is 10.6. The molecule has 5 heteroatoms. The van der Waals surface area contributed by atoms with Gasteiger partial charge in [-0.1, -0.05) is 12.1 Å². The number of aryl methyl sites for hydroxylation is 1. The van der Waals surface area contributed by atoms with Gasteiger partial charge in [-0.15, -0.1) is 0 Å². The van der Waals surface area contributed by atoms with E-state index in [0.717, 1.165) is 18.4 Å². The van der Waals surface area contributed by atoms with Gasteiger partial charge < -0.3 is 4.74 Å². The second-order valence-corrected chi connectivity index (χ2v) is 4.23. The van der Waals surface area contributed by atoms with Crippen molar-refractivity contribution < 1.29 is 14.5 Å². The minimum atomic E-state index is -0.419. The molecule has 98 valence electrons. The van der Waals surface area contributed by atoms with Crippen LogP contribution < -0.4 is 0 Å². The quantitative estimate of drug-likeness (QED) is 0.551. The summed E-state index contributed by atoms with van der Waals surface area (Å²) in [4.78, 5) is 21.1. The smallest absolute Gasteiger partial charge is 0.269 e. The number of nitro groups is 1. The van der Waals surface area contributed by atoms with Crippen LogP contribution in [0.25, 0.3) is 0 Å². The Kier molecular flexibility index (Phi) is 5.45. The van der Waals surface area contributed by atoms with E-state index in [1.165, 1.54) is 19.1 Å². The number of benzene rings is 1. The molecule has 0 saturated heterocycles. The molecule has 0 aliphatic rings. The molecule has 18 heavy (non-hydrogen) atoms. The third-order valence-electron chi connectivity index (χ3n) is 2.75. The second-order valence-electron chi connectivity index (χ2n) is 4.23. The molecule has 1 aromatic carbocycles. The van der Waals surface area contributed by atoms with Gasteiger partial charge in [-0.05, 0) is 25.3 Å². The summed E-state index contributed by atoms with van der Waals surface area (Å²) in [5, 5.41) is 10.5. The fourth-order valence-corrected chi connectivity index (χ4v) is 1.74. The van der Waals surface area contributed by atoms with Crippen LogP contribution in [0.4, 0.5) is 5.69 Å². The van der Waals surface area contributed by atoms with Gasteiger partial charge in [0, 0.05) is 25.7 Å². The van der Waals surface area contributed by atoms with Crippen LogP contribution in [0.1, 0.15) is 25.3 Å². The van der Waals surface area contributed by atoms with Gasteiger partial charge in [-0.2, -0.15) is 0 Å². The molecular weight excluding hydrogens is 234 g/mol. The van der Waals surface area contributed by atoms with Crippen LogP contribution in [0.15, 0.2) is 24.3 Å². The van der Waals surface area contributed by atoms with Gasteiger partial charge in [0.2, 0.25) is 0 Å². The Labute approximate surface area is 106 Å². The fourth-order valence-electron chi connectivity index (χ4n) is 1.74. The maximum absolute atomic E-state index is 11.0. The maximum atomic E-state index is 11.0. The van der Waals surface area contributed by atoms with Crippen LogP contribution in [0.5, 0.6) is 0 Å². The lowest BCUT2D eigenvalue weighted by molar-refractivity contribution is -0.384.